The van der Waals surface area contributed by atoms with Crippen molar-refractivity contribution in [3.63, 3.8) is 0 Å². The highest BCUT2D eigenvalue weighted by molar-refractivity contribution is 5.73. The molecule has 1 fully saturated rings. The van der Waals surface area contributed by atoms with Crippen LogP contribution in [0.5, 0.6) is 0 Å². The molecule has 1 aromatic rings. The van der Waals surface area contributed by atoms with Crippen molar-refractivity contribution in [1.29, 1.82) is 0 Å². The standard InChI is InChI=1S/C15H22N2O2/c1-2-19-15(18)13-11-16-9-8-14(13)17-10-12-6-4-3-5-7-12/h3-7,13-14,16-17H,2,8-11H2,1H3/t13-,14+/m1/s1. The SMILES string of the molecule is CCOC(=O)[C@@H]1CNCC[C@@H]1NCc1ccccc1. The lowest BCUT2D eigenvalue weighted by Crippen LogP contribution is -2.50. The molecular formula is C15H22N2O2. The zero-order valence-corrected chi connectivity index (χ0v) is 11.4. The van der Waals surface area contributed by atoms with Gasteiger partial charge in [-0.1, -0.05) is 30.3 Å². The molecule has 0 radical (unpaired) electrons. The normalized spacial score (nSPS) is 23.0. The smallest absolute Gasteiger partial charge is 0.311 e. The third-order valence-electron chi connectivity index (χ3n) is 3.48. The summed E-state index contributed by atoms with van der Waals surface area (Å²) < 4.78 is 5.14. The Morgan fingerprint density at radius 3 is 2.95 bits per heavy atom. The zero-order valence-electron chi connectivity index (χ0n) is 11.4. The number of carbonyl (C=O) groups is 1. The fourth-order valence-electron chi connectivity index (χ4n) is 2.44. The van der Waals surface area contributed by atoms with Crippen molar-refractivity contribution in [2.24, 2.45) is 5.92 Å². The quantitative estimate of drug-likeness (QED) is 0.786. The maximum absolute atomic E-state index is 11.9. The van der Waals surface area contributed by atoms with Crippen molar-refractivity contribution in [3.8, 4) is 0 Å². The van der Waals surface area contributed by atoms with Gasteiger partial charge in [0.15, 0.2) is 0 Å². The van der Waals surface area contributed by atoms with Crippen molar-refractivity contribution in [3.05, 3.63) is 35.9 Å². The predicted molar refractivity (Wildman–Crippen MR) is 74.7 cm³/mol. The Morgan fingerprint density at radius 1 is 1.42 bits per heavy atom. The van der Waals surface area contributed by atoms with Crippen molar-refractivity contribution in [2.45, 2.75) is 25.9 Å². The molecule has 4 heteroatoms. The molecule has 0 bridgehead atoms. The van der Waals surface area contributed by atoms with Gasteiger partial charge in [-0.05, 0) is 25.5 Å². The van der Waals surface area contributed by atoms with E-state index in [0.29, 0.717) is 13.2 Å². The first kappa shape index (κ1) is 14.0. The maximum atomic E-state index is 11.9. The fraction of sp³-hybridized carbons (Fsp3) is 0.533. The van der Waals surface area contributed by atoms with E-state index in [4.69, 9.17) is 4.74 Å². The predicted octanol–water partition coefficient (Wildman–Crippen LogP) is 1.32. The Labute approximate surface area is 114 Å². The van der Waals surface area contributed by atoms with Crippen LogP contribution in [0.3, 0.4) is 0 Å². The highest BCUT2D eigenvalue weighted by Crippen LogP contribution is 2.14. The summed E-state index contributed by atoms with van der Waals surface area (Å²) in [4.78, 5) is 11.9. The number of ether oxygens (including phenoxy) is 1. The molecule has 1 saturated heterocycles. The first-order valence-electron chi connectivity index (χ1n) is 6.96. The molecule has 2 atom stereocenters. The molecule has 0 aliphatic carbocycles. The van der Waals surface area contributed by atoms with Crippen LogP contribution in [0.1, 0.15) is 18.9 Å². The topological polar surface area (TPSA) is 50.4 Å². The van der Waals surface area contributed by atoms with E-state index in [1.807, 2.05) is 25.1 Å². The summed E-state index contributed by atoms with van der Waals surface area (Å²) in [6.45, 7) is 4.73. The molecule has 19 heavy (non-hydrogen) atoms. The molecule has 1 aromatic carbocycles. The van der Waals surface area contributed by atoms with E-state index in [9.17, 15) is 4.79 Å². The first-order chi connectivity index (χ1) is 9.31. The number of piperidine rings is 1. The average molecular weight is 262 g/mol. The molecule has 1 heterocycles. The summed E-state index contributed by atoms with van der Waals surface area (Å²) in [6.07, 6.45) is 0.955. The molecule has 0 saturated carbocycles. The van der Waals surface area contributed by atoms with Gasteiger partial charge in [0.05, 0.1) is 12.5 Å². The lowest BCUT2D eigenvalue weighted by molar-refractivity contribution is -0.149. The summed E-state index contributed by atoms with van der Waals surface area (Å²) in [5, 5.41) is 6.75. The van der Waals surface area contributed by atoms with E-state index in [1.54, 1.807) is 0 Å². The Hall–Kier alpha value is -1.39. The Kier molecular flexibility index (Phi) is 5.36. The van der Waals surface area contributed by atoms with Gasteiger partial charge in [-0.25, -0.2) is 0 Å². The van der Waals surface area contributed by atoms with Gasteiger partial charge in [0.1, 0.15) is 0 Å². The minimum atomic E-state index is -0.0970. The minimum absolute atomic E-state index is 0.0857. The van der Waals surface area contributed by atoms with E-state index in [1.165, 1.54) is 5.56 Å². The van der Waals surface area contributed by atoms with Crippen LogP contribution in [0, 0.1) is 5.92 Å². The molecule has 0 spiro atoms. The van der Waals surface area contributed by atoms with Crippen LogP contribution in [0.15, 0.2) is 30.3 Å². The largest absolute Gasteiger partial charge is 0.466 e. The molecule has 1 aliphatic rings. The second-order valence-electron chi connectivity index (χ2n) is 4.82. The van der Waals surface area contributed by atoms with Gasteiger partial charge in [-0.3, -0.25) is 4.79 Å². The number of rotatable bonds is 5. The molecular weight excluding hydrogens is 240 g/mol. The molecule has 2 rings (SSSR count). The highest BCUT2D eigenvalue weighted by atomic mass is 16.5. The van der Waals surface area contributed by atoms with Gasteiger partial charge >= 0.3 is 5.97 Å². The van der Waals surface area contributed by atoms with Crippen LogP contribution in [-0.2, 0) is 16.1 Å². The molecule has 4 nitrogen and oxygen atoms in total. The van der Waals surface area contributed by atoms with Crippen LogP contribution in [0.2, 0.25) is 0 Å². The van der Waals surface area contributed by atoms with E-state index in [2.05, 4.69) is 22.8 Å². The Bertz CT molecular complexity index is 394. The highest BCUT2D eigenvalue weighted by Gasteiger charge is 2.31. The number of hydrogen-bond acceptors (Lipinski definition) is 4. The third kappa shape index (κ3) is 4.04. The maximum Gasteiger partial charge on any atom is 0.311 e. The summed E-state index contributed by atoms with van der Waals surface area (Å²) in [7, 11) is 0. The van der Waals surface area contributed by atoms with Crippen LogP contribution in [-0.4, -0.2) is 31.7 Å². The fourth-order valence-corrected chi connectivity index (χ4v) is 2.44. The number of benzene rings is 1. The Balaban J connectivity index is 1.90. The van der Waals surface area contributed by atoms with Gasteiger partial charge in [-0.15, -0.1) is 0 Å². The summed E-state index contributed by atoms with van der Waals surface area (Å²) >= 11 is 0. The van der Waals surface area contributed by atoms with Crippen molar-refractivity contribution in [1.82, 2.24) is 10.6 Å². The molecule has 1 aliphatic heterocycles. The van der Waals surface area contributed by atoms with Crippen molar-refractivity contribution in [2.75, 3.05) is 19.7 Å². The van der Waals surface area contributed by atoms with Gasteiger partial charge in [-0.2, -0.15) is 0 Å². The van der Waals surface area contributed by atoms with Gasteiger partial charge in [0.25, 0.3) is 0 Å². The summed E-state index contributed by atoms with van der Waals surface area (Å²) in [5.74, 6) is -0.183. The monoisotopic (exact) mass is 262 g/mol. The number of carbonyl (C=O) groups excluding carboxylic acids is 1. The summed E-state index contributed by atoms with van der Waals surface area (Å²) in [5.41, 5.74) is 1.24. The van der Waals surface area contributed by atoms with Gasteiger partial charge in [0.2, 0.25) is 0 Å². The molecule has 104 valence electrons. The lowest BCUT2D eigenvalue weighted by Gasteiger charge is -2.31. The van der Waals surface area contributed by atoms with Crippen LogP contribution >= 0.6 is 0 Å². The number of nitrogens with one attached hydrogen (secondary N) is 2. The molecule has 0 aromatic heterocycles. The van der Waals surface area contributed by atoms with E-state index in [0.717, 1.165) is 19.5 Å². The van der Waals surface area contributed by atoms with Crippen LogP contribution in [0.25, 0.3) is 0 Å². The Morgan fingerprint density at radius 2 is 2.21 bits per heavy atom. The molecule has 0 amide bonds. The van der Waals surface area contributed by atoms with Crippen molar-refractivity contribution >= 4 is 5.97 Å². The third-order valence-corrected chi connectivity index (χ3v) is 3.48. The second-order valence-corrected chi connectivity index (χ2v) is 4.82. The van der Waals surface area contributed by atoms with E-state index in [-0.39, 0.29) is 17.9 Å². The lowest BCUT2D eigenvalue weighted by atomic mass is 9.93. The van der Waals surface area contributed by atoms with E-state index < -0.39 is 0 Å². The van der Waals surface area contributed by atoms with Crippen LogP contribution in [0.4, 0.5) is 0 Å². The van der Waals surface area contributed by atoms with Gasteiger partial charge < -0.3 is 15.4 Å². The zero-order chi connectivity index (χ0) is 13.5. The second kappa shape index (κ2) is 7.26. The number of esters is 1. The van der Waals surface area contributed by atoms with Crippen molar-refractivity contribution < 1.29 is 9.53 Å². The number of hydrogen-bond donors (Lipinski definition) is 2. The molecule has 2 N–H and O–H groups in total. The van der Waals surface area contributed by atoms with Crippen LogP contribution < -0.4 is 10.6 Å². The first-order valence-corrected chi connectivity index (χ1v) is 6.96. The molecule has 0 unspecified atom stereocenters. The summed E-state index contributed by atoms with van der Waals surface area (Å²) in [6, 6.07) is 10.4. The van der Waals surface area contributed by atoms with Gasteiger partial charge in [0, 0.05) is 19.1 Å². The average Bonchev–Trinajstić information content (AvgIpc) is 2.47. The minimum Gasteiger partial charge on any atom is -0.466 e. The van der Waals surface area contributed by atoms with E-state index >= 15 is 0 Å².